The molecule has 0 saturated carbocycles. The van der Waals surface area contributed by atoms with Gasteiger partial charge in [0.1, 0.15) is 5.52 Å². The number of pyridine rings is 1. The predicted octanol–water partition coefficient (Wildman–Crippen LogP) is 4.81. The number of carbonyl (C=O) groups is 1. The van der Waals surface area contributed by atoms with Crippen LogP contribution >= 0.6 is 0 Å². The van der Waals surface area contributed by atoms with Crippen LogP contribution in [0, 0.1) is 0 Å². The SMILES string of the molecule is CCCCCCCCCCNC(=O)c1ccc2cccnc2c1O. The maximum absolute atomic E-state index is 12.2. The van der Waals surface area contributed by atoms with E-state index in [4.69, 9.17) is 0 Å². The average Bonchev–Trinajstić information content (AvgIpc) is 2.60. The van der Waals surface area contributed by atoms with Crippen molar-refractivity contribution in [3.63, 3.8) is 0 Å². The van der Waals surface area contributed by atoms with Crippen LogP contribution < -0.4 is 5.32 Å². The summed E-state index contributed by atoms with van der Waals surface area (Å²) in [5, 5.41) is 14.0. The summed E-state index contributed by atoms with van der Waals surface area (Å²) in [4.78, 5) is 16.4. The third-order valence-corrected chi connectivity index (χ3v) is 4.31. The smallest absolute Gasteiger partial charge is 0.255 e. The Hall–Kier alpha value is -2.10. The Bertz CT molecular complexity index is 655. The zero-order valence-corrected chi connectivity index (χ0v) is 14.6. The fraction of sp³-hybridized carbons (Fsp3) is 0.500. The summed E-state index contributed by atoms with van der Waals surface area (Å²) in [6.45, 7) is 2.87. The molecule has 2 rings (SSSR count). The van der Waals surface area contributed by atoms with E-state index in [1.807, 2.05) is 18.2 Å². The Morgan fingerprint density at radius 3 is 2.50 bits per heavy atom. The highest BCUT2D eigenvalue weighted by atomic mass is 16.3. The number of phenols is 1. The van der Waals surface area contributed by atoms with Crippen molar-refractivity contribution >= 4 is 16.8 Å². The number of amides is 1. The van der Waals surface area contributed by atoms with Gasteiger partial charge in [-0.05, 0) is 18.6 Å². The molecule has 0 saturated heterocycles. The van der Waals surface area contributed by atoms with Gasteiger partial charge < -0.3 is 10.4 Å². The first-order valence-electron chi connectivity index (χ1n) is 9.09. The lowest BCUT2D eigenvalue weighted by atomic mass is 10.1. The van der Waals surface area contributed by atoms with Crippen molar-refractivity contribution in [2.75, 3.05) is 6.54 Å². The molecule has 1 aromatic heterocycles. The topological polar surface area (TPSA) is 62.2 Å². The zero-order chi connectivity index (χ0) is 17.2. The highest BCUT2D eigenvalue weighted by Crippen LogP contribution is 2.26. The molecule has 2 aromatic rings. The van der Waals surface area contributed by atoms with Crippen LogP contribution in [-0.2, 0) is 0 Å². The van der Waals surface area contributed by atoms with E-state index in [0.717, 1.165) is 18.2 Å². The van der Waals surface area contributed by atoms with E-state index in [1.54, 1.807) is 12.3 Å². The third-order valence-electron chi connectivity index (χ3n) is 4.31. The van der Waals surface area contributed by atoms with Crippen LogP contribution in [0.3, 0.4) is 0 Å². The number of fused-ring (bicyclic) bond motifs is 1. The van der Waals surface area contributed by atoms with Gasteiger partial charge in [0.05, 0.1) is 5.56 Å². The van der Waals surface area contributed by atoms with E-state index in [2.05, 4.69) is 17.2 Å². The van der Waals surface area contributed by atoms with E-state index in [9.17, 15) is 9.90 Å². The lowest BCUT2D eigenvalue weighted by molar-refractivity contribution is 0.0950. The average molecular weight is 328 g/mol. The second kappa shape index (κ2) is 9.91. The number of nitrogens with one attached hydrogen (secondary N) is 1. The highest BCUT2D eigenvalue weighted by Gasteiger charge is 2.13. The summed E-state index contributed by atoms with van der Waals surface area (Å²) < 4.78 is 0. The largest absolute Gasteiger partial charge is 0.505 e. The van der Waals surface area contributed by atoms with Gasteiger partial charge in [0.25, 0.3) is 5.91 Å². The van der Waals surface area contributed by atoms with E-state index >= 15 is 0 Å². The number of nitrogens with zero attached hydrogens (tertiary/aromatic N) is 1. The fourth-order valence-electron chi connectivity index (χ4n) is 2.87. The lowest BCUT2D eigenvalue weighted by Crippen LogP contribution is -2.24. The maximum Gasteiger partial charge on any atom is 0.255 e. The van der Waals surface area contributed by atoms with Crippen LogP contribution in [0.25, 0.3) is 10.9 Å². The van der Waals surface area contributed by atoms with E-state index < -0.39 is 0 Å². The van der Waals surface area contributed by atoms with Gasteiger partial charge in [0.15, 0.2) is 5.75 Å². The first-order valence-corrected chi connectivity index (χ1v) is 9.09. The Balaban J connectivity index is 1.72. The summed E-state index contributed by atoms with van der Waals surface area (Å²) in [5.41, 5.74) is 0.762. The van der Waals surface area contributed by atoms with E-state index in [1.165, 1.54) is 38.5 Å². The van der Waals surface area contributed by atoms with Crippen LogP contribution in [0.5, 0.6) is 5.75 Å². The summed E-state index contributed by atoms with van der Waals surface area (Å²) >= 11 is 0. The first-order chi connectivity index (χ1) is 11.7. The van der Waals surface area contributed by atoms with Gasteiger partial charge in [-0.2, -0.15) is 0 Å². The van der Waals surface area contributed by atoms with Crippen molar-refractivity contribution < 1.29 is 9.90 Å². The maximum atomic E-state index is 12.2. The molecule has 2 N–H and O–H groups in total. The quantitative estimate of drug-likeness (QED) is 0.615. The van der Waals surface area contributed by atoms with Gasteiger partial charge >= 0.3 is 0 Å². The minimum absolute atomic E-state index is 0.0403. The van der Waals surface area contributed by atoms with E-state index in [-0.39, 0.29) is 11.7 Å². The van der Waals surface area contributed by atoms with Gasteiger partial charge in [-0.25, -0.2) is 0 Å². The molecule has 130 valence electrons. The summed E-state index contributed by atoms with van der Waals surface area (Å²) in [5.74, 6) is -0.274. The molecular formula is C20H28N2O2. The van der Waals surface area contributed by atoms with Crippen molar-refractivity contribution in [3.8, 4) is 5.75 Å². The Labute approximate surface area is 144 Å². The zero-order valence-electron chi connectivity index (χ0n) is 14.6. The molecule has 24 heavy (non-hydrogen) atoms. The summed E-state index contributed by atoms with van der Waals surface area (Å²) in [6, 6.07) is 7.14. The Kier molecular flexibility index (Phi) is 7.53. The van der Waals surface area contributed by atoms with Crippen LogP contribution in [0.4, 0.5) is 0 Å². The van der Waals surface area contributed by atoms with Crippen LogP contribution in [0.15, 0.2) is 30.5 Å². The third kappa shape index (κ3) is 5.22. The van der Waals surface area contributed by atoms with Crippen LogP contribution in [0.1, 0.15) is 68.6 Å². The minimum Gasteiger partial charge on any atom is -0.505 e. The van der Waals surface area contributed by atoms with Crippen LogP contribution in [-0.4, -0.2) is 22.5 Å². The molecule has 1 amide bonds. The molecule has 0 unspecified atom stereocenters. The number of carbonyl (C=O) groups excluding carboxylic acids is 1. The number of aromatic hydroxyl groups is 1. The second-order valence-electron chi connectivity index (χ2n) is 6.27. The number of unbranched alkanes of at least 4 members (excludes halogenated alkanes) is 7. The number of hydrogen-bond donors (Lipinski definition) is 2. The molecular weight excluding hydrogens is 300 g/mol. The highest BCUT2D eigenvalue weighted by molar-refractivity contribution is 6.02. The summed E-state index contributed by atoms with van der Waals surface area (Å²) in [7, 11) is 0. The normalized spacial score (nSPS) is 10.9. The molecule has 4 nitrogen and oxygen atoms in total. The van der Waals surface area contributed by atoms with Gasteiger partial charge in [0, 0.05) is 18.1 Å². The molecule has 1 heterocycles. The molecule has 0 aliphatic carbocycles. The number of benzene rings is 1. The van der Waals surface area contributed by atoms with Gasteiger partial charge in [0.2, 0.25) is 0 Å². The Morgan fingerprint density at radius 2 is 1.75 bits per heavy atom. The molecule has 0 radical (unpaired) electrons. The number of hydrogen-bond acceptors (Lipinski definition) is 3. The predicted molar refractivity (Wildman–Crippen MR) is 98.4 cm³/mol. The number of rotatable bonds is 10. The van der Waals surface area contributed by atoms with Crippen molar-refractivity contribution in [1.29, 1.82) is 0 Å². The molecule has 0 bridgehead atoms. The molecule has 0 atom stereocenters. The van der Waals surface area contributed by atoms with Gasteiger partial charge in [-0.3, -0.25) is 9.78 Å². The van der Waals surface area contributed by atoms with E-state index in [0.29, 0.717) is 17.6 Å². The number of aromatic nitrogens is 1. The monoisotopic (exact) mass is 328 g/mol. The number of phenolic OH excluding ortho intramolecular Hbond substituents is 1. The molecule has 0 aliphatic rings. The fourth-order valence-corrected chi connectivity index (χ4v) is 2.87. The van der Waals surface area contributed by atoms with Crippen molar-refractivity contribution in [2.45, 2.75) is 58.3 Å². The molecule has 0 fully saturated rings. The summed E-state index contributed by atoms with van der Waals surface area (Å²) in [6.07, 6.45) is 11.5. The second-order valence-corrected chi connectivity index (χ2v) is 6.27. The van der Waals surface area contributed by atoms with Crippen molar-refractivity contribution in [1.82, 2.24) is 10.3 Å². The van der Waals surface area contributed by atoms with Crippen molar-refractivity contribution in [3.05, 3.63) is 36.0 Å². The first kappa shape index (κ1) is 18.2. The molecule has 4 heteroatoms. The molecule has 0 spiro atoms. The van der Waals surface area contributed by atoms with Gasteiger partial charge in [-0.15, -0.1) is 0 Å². The lowest BCUT2D eigenvalue weighted by Gasteiger charge is -2.08. The molecule has 1 aromatic carbocycles. The van der Waals surface area contributed by atoms with Gasteiger partial charge in [-0.1, -0.05) is 64.0 Å². The standard InChI is InChI=1S/C20H28N2O2/c1-2-3-4-5-6-7-8-9-14-22-20(24)17-13-12-16-11-10-15-21-18(16)19(17)23/h10-13,15,23H,2-9,14H2,1H3,(H,22,24). The minimum atomic E-state index is -0.233. The van der Waals surface area contributed by atoms with Crippen molar-refractivity contribution in [2.24, 2.45) is 0 Å². The Morgan fingerprint density at radius 1 is 1.04 bits per heavy atom. The molecule has 0 aliphatic heterocycles. The van der Waals surface area contributed by atoms with Crippen LogP contribution in [0.2, 0.25) is 0 Å².